The quantitative estimate of drug-likeness (QED) is 0.144. The summed E-state index contributed by atoms with van der Waals surface area (Å²) in [7, 11) is 0. The minimum atomic E-state index is -1.38. The molecule has 0 spiro atoms. The number of hydrogen-bond acceptors (Lipinski definition) is 8. The molecule has 4 rings (SSSR count). The monoisotopic (exact) mass is 658 g/mol. The lowest BCUT2D eigenvalue weighted by Gasteiger charge is -2.49. The molecule has 41 heavy (non-hydrogen) atoms. The first-order valence-electron chi connectivity index (χ1n) is 12.3. The van der Waals surface area contributed by atoms with E-state index in [4.69, 9.17) is 28.3 Å². The Hall–Kier alpha value is -2.42. The number of carbonyl (C=O) groups excluding carboxylic acids is 2. The number of amides is 2. The van der Waals surface area contributed by atoms with E-state index in [-0.39, 0.29) is 23.8 Å². The van der Waals surface area contributed by atoms with Crippen LogP contribution in [0.25, 0.3) is 0 Å². The first kappa shape index (κ1) is 31.5. The molecule has 0 bridgehead atoms. The van der Waals surface area contributed by atoms with Gasteiger partial charge in [0.15, 0.2) is 18.5 Å². The molecule has 1 fully saturated rings. The number of carboxylic acids is 2. The van der Waals surface area contributed by atoms with E-state index in [1.54, 1.807) is 18.2 Å². The molecular weight excluding hydrogens is 633 g/mol. The molecule has 10 nitrogen and oxygen atoms in total. The van der Waals surface area contributed by atoms with Crippen molar-refractivity contribution in [1.82, 2.24) is 10.2 Å². The minimum Gasteiger partial charge on any atom is -0.479 e. The van der Waals surface area contributed by atoms with Crippen LogP contribution in [-0.4, -0.2) is 78.8 Å². The van der Waals surface area contributed by atoms with E-state index in [0.717, 1.165) is 4.90 Å². The van der Waals surface area contributed by atoms with E-state index in [2.05, 4.69) is 5.32 Å². The molecule has 4 N–H and O–H groups in total. The van der Waals surface area contributed by atoms with E-state index >= 15 is 0 Å². The number of aromatic nitrogens is 1. The van der Waals surface area contributed by atoms with Crippen LogP contribution >= 0.6 is 58.5 Å². The zero-order valence-corrected chi connectivity index (χ0v) is 25.3. The number of aliphatic hydroxyl groups excluding tert-OH is 1. The fourth-order valence-corrected chi connectivity index (χ4v) is 7.86. The van der Waals surface area contributed by atoms with Gasteiger partial charge in [0.25, 0.3) is 5.91 Å². The standard InChI is InChI=1S/C26H25Cl2N3O7S3/c27-15-3-4-17(28)19(10-15)40-13-20(33)29-21-23(34)31-22(26(37)38)14(12-41-24(21)31)11-39-16-5-8-30(9-6-16)7-1-2-18(32)25(35)36/h3-6,8-10,18,21,24,32H,1-2,7,11-13H2,(H2-,29,33,35,36,37,38)/p+1/t18-,21+,24+/m0/s1. The molecule has 15 heteroatoms. The number of aliphatic hydroxyl groups is 1. The number of thioether (sulfide) groups is 3. The number of β-lactam (4-membered cyclic amide) rings is 1. The van der Waals surface area contributed by atoms with Gasteiger partial charge in [-0.25, -0.2) is 14.2 Å². The largest absolute Gasteiger partial charge is 0.479 e. The van der Waals surface area contributed by atoms with Crippen molar-refractivity contribution in [3.63, 3.8) is 0 Å². The molecule has 0 saturated carbocycles. The summed E-state index contributed by atoms with van der Waals surface area (Å²) in [4.78, 5) is 51.2. The molecule has 1 aromatic carbocycles. The second-order valence-electron chi connectivity index (χ2n) is 9.13. The van der Waals surface area contributed by atoms with E-state index < -0.39 is 35.4 Å². The van der Waals surface area contributed by atoms with Gasteiger partial charge in [-0.15, -0.1) is 35.3 Å². The molecule has 2 aliphatic rings. The number of halogens is 2. The maximum atomic E-state index is 12.9. The van der Waals surface area contributed by atoms with Gasteiger partial charge in [-0.2, -0.15) is 0 Å². The topological polar surface area (TPSA) is 148 Å². The maximum absolute atomic E-state index is 12.9. The SMILES string of the molecule is O=C(CSc1cc(Cl)ccc1Cl)N[C@@H]1C(=O)N2C(C(=O)O)=C(CSc3cc[n+](CCC[C@H](O)C(=O)O)cc3)CS[C@H]12. The van der Waals surface area contributed by atoms with Gasteiger partial charge in [0.05, 0.1) is 10.8 Å². The molecule has 3 atom stereocenters. The third-order valence-corrected chi connectivity index (χ3v) is 10.4. The number of nitrogens with one attached hydrogen (secondary N) is 1. The van der Waals surface area contributed by atoms with Gasteiger partial charge in [0, 0.05) is 44.9 Å². The molecule has 2 amide bonds. The number of pyridine rings is 1. The van der Waals surface area contributed by atoms with Gasteiger partial charge in [-0.1, -0.05) is 23.2 Å². The number of carboxylic acid groups (broad SMARTS) is 2. The molecule has 1 aromatic heterocycles. The Kier molecular flexibility index (Phi) is 10.9. The van der Waals surface area contributed by atoms with Gasteiger partial charge in [0.2, 0.25) is 5.91 Å². The number of nitrogens with zero attached hydrogens (tertiary/aromatic N) is 2. The Balaban J connectivity index is 1.31. The number of carbonyl (C=O) groups is 4. The lowest BCUT2D eigenvalue weighted by molar-refractivity contribution is -0.697. The number of fused-ring (bicyclic) bond motifs is 1. The Morgan fingerprint density at radius 1 is 1.15 bits per heavy atom. The lowest BCUT2D eigenvalue weighted by Crippen LogP contribution is -2.70. The van der Waals surface area contributed by atoms with Crippen LogP contribution in [0.2, 0.25) is 10.0 Å². The van der Waals surface area contributed by atoms with Crippen LogP contribution in [0, 0.1) is 0 Å². The summed E-state index contributed by atoms with van der Waals surface area (Å²) < 4.78 is 1.87. The van der Waals surface area contributed by atoms with Crippen molar-refractivity contribution < 1.29 is 39.1 Å². The highest BCUT2D eigenvalue weighted by Gasteiger charge is 2.54. The van der Waals surface area contributed by atoms with Gasteiger partial charge in [-0.05, 0) is 30.2 Å². The summed E-state index contributed by atoms with van der Waals surface area (Å²) in [5.41, 5.74) is 0.576. The Morgan fingerprint density at radius 2 is 1.88 bits per heavy atom. The average Bonchev–Trinajstić information content (AvgIpc) is 2.95. The van der Waals surface area contributed by atoms with Crippen LogP contribution in [0.4, 0.5) is 0 Å². The number of hydrogen-bond donors (Lipinski definition) is 4. The van der Waals surface area contributed by atoms with Crippen LogP contribution < -0.4 is 9.88 Å². The summed E-state index contributed by atoms with van der Waals surface area (Å²) in [5, 5.41) is 31.2. The van der Waals surface area contributed by atoms with Crippen molar-refractivity contribution in [2.24, 2.45) is 0 Å². The Morgan fingerprint density at radius 3 is 2.56 bits per heavy atom. The third-order valence-electron chi connectivity index (χ3n) is 6.27. The first-order chi connectivity index (χ1) is 19.5. The summed E-state index contributed by atoms with van der Waals surface area (Å²) in [6.45, 7) is 0.545. The van der Waals surface area contributed by atoms with Gasteiger partial charge in [-0.3, -0.25) is 14.5 Å². The van der Waals surface area contributed by atoms with Crippen molar-refractivity contribution >= 4 is 82.2 Å². The highest BCUT2D eigenvalue weighted by atomic mass is 35.5. The summed E-state index contributed by atoms with van der Waals surface area (Å²) in [6.07, 6.45) is 2.94. The van der Waals surface area contributed by atoms with Crippen LogP contribution in [0.5, 0.6) is 0 Å². The summed E-state index contributed by atoms with van der Waals surface area (Å²) >= 11 is 16.2. The van der Waals surface area contributed by atoms with Crippen LogP contribution in [0.3, 0.4) is 0 Å². The van der Waals surface area contributed by atoms with Crippen molar-refractivity contribution in [3.05, 3.63) is 64.0 Å². The minimum absolute atomic E-state index is 0.0199. The number of aliphatic carboxylic acids is 2. The number of aryl methyl sites for hydroxylation is 1. The second-order valence-corrected chi connectivity index (χ2v) is 13.1. The molecule has 218 valence electrons. The Labute approximate surface area is 258 Å². The first-order valence-corrected chi connectivity index (χ1v) is 16.1. The average molecular weight is 660 g/mol. The molecule has 0 radical (unpaired) electrons. The van der Waals surface area contributed by atoms with Gasteiger partial charge < -0.3 is 20.6 Å². The summed E-state index contributed by atoms with van der Waals surface area (Å²) in [5.74, 6) is -2.47. The second kappa shape index (κ2) is 14.2. The van der Waals surface area contributed by atoms with Crippen LogP contribution in [0.15, 0.2) is 63.8 Å². The number of benzene rings is 1. The highest BCUT2D eigenvalue weighted by molar-refractivity contribution is 8.01. The third kappa shape index (κ3) is 7.90. The van der Waals surface area contributed by atoms with Gasteiger partial charge >= 0.3 is 11.9 Å². The summed E-state index contributed by atoms with van der Waals surface area (Å²) in [6, 6.07) is 7.87. The highest BCUT2D eigenvalue weighted by Crippen LogP contribution is 2.41. The van der Waals surface area contributed by atoms with E-state index in [1.807, 2.05) is 29.1 Å². The van der Waals surface area contributed by atoms with E-state index in [1.165, 1.54) is 40.2 Å². The normalized spacial score (nSPS) is 18.9. The number of rotatable bonds is 13. The van der Waals surface area contributed by atoms with Gasteiger partial charge in [0.1, 0.15) is 23.7 Å². The Bertz CT molecular complexity index is 1380. The fraction of sp³-hybridized carbons (Fsp3) is 0.346. The molecule has 0 aliphatic carbocycles. The van der Waals surface area contributed by atoms with E-state index in [0.29, 0.717) is 45.0 Å². The molecular formula is C26H26Cl2N3O7S3+. The smallest absolute Gasteiger partial charge is 0.352 e. The van der Waals surface area contributed by atoms with Crippen LogP contribution in [0.1, 0.15) is 12.8 Å². The van der Waals surface area contributed by atoms with Crippen molar-refractivity contribution in [3.8, 4) is 0 Å². The van der Waals surface area contributed by atoms with Crippen molar-refractivity contribution in [2.45, 2.75) is 46.7 Å². The predicted molar refractivity (Wildman–Crippen MR) is 157 cm³/mol. The molecule has 0 unspecified atom stereocenters. The molecule has 1 saturated heterocycles. The lowest BCUT2D eigenvalue weighted by atomic mass is 10.0. The zero-order chi connectivity index (χ0) is 29.7. The van der Waals surface area contributed by atoms with E-state index in [9.17, 15) is 29.4 Å². The molecule has 2 aromatic rings. The zero-order valence-electron chi connectivity index (χ0n) is 21.4. The van der Waals surface area contributed by atoms with Crippen molar-refractivity contribution in [2.75, 3.05) is 17.3 Å². The fourth-order valence-electron chi connectivity index (χ4n) is 4.19. The van der Waals surface area contributed by atoms with Crippen LogP contribution in [-0.2, 0) is 25.7 Å². The molecule has 2 aliphatic heterocycles. The predicted octanol–water partition coefficient (Wildman–Crippen LogP) is 3.13. The maximum Gasteiger partial charge on any atom is 0.352 e. The van der Waals surface area contributed by atoms with Crippen molar-refractivity contribution in [1.29, 1.82) is 0 Å². The molecule has 3 heterocycles.